The molecule has 4 rings (SSSR count). The van der Waals surface area contributed by atoms with Crippen LogP contribution in [0, 0.1) is 30.3 Å². The van der Waals surface area contributed by atoms with Crippen LogP contribution in [-0.4, -0.2) is 6.61 Å². The SMILES string of the molecule is Cc1ccc(OCC2CCC(c3ccc(C4CCCCC4)c(F)c3F)CC2)cc1F. The highest BCUT2D eigenvalue weighted by Crippen LogP contribution is 2.40. The average molecular weight is 417 g/mol. The lowest BCUT2D eigenvalue weighted by atomic mass is 9.77. The fraction of sp³-hybridized carbons (Fsp3) is 0.538. The summed E-state index contributed by atoms with van der Waals surface area (Å²) in [5, 5.41) is 0. The number of hydrogen-bond donors (Lipinski definition) is 0. The molecule has 2 aliphatic rings. The van der Waals surface area contributed by atoms with Crippen molar-refractivity contribution in [2.24, 2.45) is 5.92 Å². The summed E-state index contributed by atoms with van der Waals surface area (Å²) in [6, 6.07) is 8.60. The second kappa shape index (κ2) is 9.45. The van der Waals surface area contributed by atoms with E-state index in [2.05, 4.69) is 0 Å². The largest absolute Gasteiger partial charge is 0.493 e. The van der Waals surface area contributed by atoms with Crippen LogP contribution >= 0.6 is 0 Å². The fourth-order valence-corrected chi connectivity index (χ4v) is 5.14. The quantitative estimate of drug-likeness (QED) is 0.483. The van der Waals surface area contributed by atoms with Crippen LogP contribution in [0.25, 0.3) is 0 Å². The minimum absolute atomic E-state index is 0.0629. The zero-order chi connectivity index (χ0) is 21.1. The van der Waals surface area contributed by atoms with Crippen LogP contribution in [0.5, 0.6) is 5.75 Å². The first-order chi connectivity index (χ1) is 14.5. The molecular formula is C26H31F3O. The van der Waals surface area contributed by atoms with E-state index in [1.165, 1.54) is 12.5 Å². The Morgan fingerprint density at radius 3 is 1.97 bits per heavy atom. The zero-order valence-electron chi connectivity index (χ0n) is 17.7. The van der Waals surface area contributed by atoms with E-state index in [4.69, 9.17) is 4.74 Å². The van der Waals surface area contributed by atoms with Gasteiger partial charge in [-0.1, -0.05) is 37.5 Å². The van der Waals surface area contributed by atoms with Gasteiger partial charge in [0.15, 0.2) is 11.6 Å². The highest BCUT2D eigenvalue weighted by molar-refractivity contribution is 5.32. The predicted molar refractivity (Wildman–Crippen MR) is 114 cm³/mol. The maximum Gasteiger partial charge on any atom is 0.162 e. The van der Waals surface area contributed by atoms with Crippen LogP contribution in [0.4, 0.5) is 13.2 Å². The summed E-state index contributed by atoms with van der Waals surface area (Å²) in [5.74, 6) is -0.369. The monoisotopic (exact) mass is 416 g/mol. The van der Waals surface area contributed by atoms with Crippen molar-refractivity contribution in [3.05, 3.63) is 64.5 Å². The van der Waals surface area contributed by atoms with Gasteiger partial charge in [-0.3, -0.25) is 0 Å². The van der Waals surface area contributed by atoms with Gasteiger partial charge in [0.2, 0.25) is 0 Å². The lowest BCUT2D eigenvalue weighted by Gasteiger charge is -2.30. The molecule has 2 aliphatic carbocycles. The number of benzene rings is 2. The number of hydrogen-bond acceptors (Lipinski definition) is 1. The number of halogens is 3. The lowest BCUT2D eigenvalue weighted by Crippen LogP contribution is -2.20. The molecule has 0 heterocycles. The Bertz CT molecular complexity index is 865. The third-order valence-corrected chi connectivity index (χ3v) is 7.10. The van der Waals surface area contributed by atoms with E-state index < -0.39 is 11.6 Å². The van der Waals surface area contributed by atoms with Crippen molar-refractivity contribution in [1.82, 2.24) is 0 Å². The summed E-state index contributed by atoms with van der Waals surface area (Å²) in [5.41, 5.74) is 1.71. The number of aryl methyl sites for hydroxylation is 1. The van der Waals surface area contributed by atoms with Crippen LogP contribution in [0.15, 0.2) is 30.3 Å². The molecule has 0 aliphatic heterocycles. The van der Waals surface area contributed by atoms with Gasteiger partial charge in [0.25, 0.3) is 0 Å². The van der Waals surface area contributed by atoms with Crippen molar-refractivity contribution in [1.29, 1.82) is 0 Å². The highest BCUT2D eigenvalue weighted by atomic mass is 19.2. The van der Waals surface area contributed by atoms with Crippen LogP contribution in [0.2, 0.25) is 0 Å². The Morgan fingerprint density at radius 1 is 0.767 bits per heavy atom. The van der Waals surface area contributed by atoms with Crippen LogP contribution < -0.4 is 4.74 Å². The van der Waals surface area contributed by atoms with Gasteiger partial charge in [0.1, 0.15) is 11.6 Å². The van der Waals surface area contributed by atoms with Crippen molar-refractivity contribution < 1.29 is 17.9 Å². The summed E-state index contributed by atoms with van der Waals surface area (Å²) >= 11 is 0. The third kappa shape index (κ3) is 4.68. The van der Waals surface area contributed by atoms with Crippen molar-refractivity contribution in [3.8, 4) is 5.75 Å². The minimum Gasteiger partial charge on any atom is -0.493 e. The van der Waals surface area contributed by atoms with E-state index in [0.717, 1.165) is 51.4 Å². The first kappa shape index (κ1) is 21.3. The molecule has 0 radical (unpaired) electrons. The fourth-order valence-electron chi connectivity index (χ4n) is 5.14. The topological polar surface area (TPSA) is 9.23 Å². The summed E-state index contributed by atoms with van der Waals surface area (Å²) in [7, 11) is 0. The maximum absolute atomic E-state index is 14.9. The predicted octanol–water partition coefficient (Wildman–Crippen LogP) is 7.81. The van der Waals surface area contributed by atoms with E-state index in [0.29, 0.717) is 35.0 Å². The average Bonchev–Trinajstić information content (AvgIpc) is 2.77. The second-order valence-corrected chi connectivity index (χ2v) is 9.15. The van der Waals surface area contributed by atoms with E-state index in [1.807, 2.05) is 12.1 Å². The second-order valence-electron chi connectivity index (χ2n) is 9.15. The molecule has 4 heteroatoms. The summed E-state index contributed by atoms with van der Waals surface area (Å²) in [6.07, 6.45) is 8.81. The van der Waals surface area contributed by atoms with E-state index in [9.17, 15) is 13.2 Å². The number of rotatable bonds is 5. The van der Waals surface area contributed by atoms with E-state index >= 15 is 0 Å². The molecule has 2 saturated carbocycles. The molecule has 30 heavy (non-hydrogen) atoms. The Morgan fingerprint density at radius 2 is 1.37 bits per heavy atom. The molecule has 0 spiro atoms. The molecule has 0 atom stereocenters. The lowest BCUT2D eigenvalue weighted by molar-refractivity contribution is 0.198. The van der Waals surface area contributed by atoms with E-state index in [-0.39, 0.29) is 17.7 Å². The minimum atomic E-state index is -0.632. The van der Waals surface area contributed by atoms with Gasteiger partial charge in [0.05, 0.1) is 6.61 Å². The Balaban J connectivity index is 1.34. The first-order valence-electron chi connectivity index (χ1n) is 11.4. The van der Waals surface area contributed by atoms with Crippen molar-refractivity contribution >= 4 is 0 Å². The standard InChI is InChI=1S/C26H31F3O/c1-17-7-12-21(15-24(17)27)30-16-18-8-10-20(11-9-18)23-14-13-22(25(28)26(23)29)19-5-3-2-4-6-19/h7,12-15,18-20H,2-6,8-11,16H2,1H3. The molecule has 162 valence electrons. The summed E-state index contributed by atoms with van der Waals surface area (Å²) < 4.78 is 49.2. The molecule has 0 saturated heterocycles. The normalized spacial score (nSPS) is 22.8. The maximum atomic E-state index is 14.9. The van der Waals surface area contributed by atoms with Gasteiger partial charge in [-0.15, -0.1) is 0 Å². The third-order valence-electron chi connectivity index (χ3n) is 7.10. The van der Waals surface area contributed by atoms with Gasteiger partial charge in [-0.05, 0) is 86.0 Å². The summed E-state index contributed by atoms with van der Waals surface area (Å²) in [6.45, 7) is 2.26. The molecule has 1 nitrogen and oxygen atoms in total. The summed E-state index contributed by atoms with van der Waals surface area (Å²) in [4.78, 5) is 0. The molecule has 0 amide bonds. The Labute approximate surface area is 177 Å². The molecular weight excluding hydrogens is 385 g/mol. The zero-order valence-corrected chi connectivity index (χ0v) is 17.7. The Kier molecular flexibility index (Phi) is 6.70. The molecule has 0 bridgehead atoms. The highest BCUT2D eigenvalue weighted by Gasteiger charge is 2.28. The first-order valence-corrected chi connectivity index (χ1v) is 11.4. The number of ether oxygens (including phenoxy) is 1. The molecule has 2 aromatic carbocycles. The van der Waals surface area contributed by atoms with Gasteiger partial charge >= 0.3 is 0 Å². The van der Waals surface area contributed by atoms with Crippen molar-refractivity contribution in [2.45, 2.75) is 76.5 Å². The van der Waals surface area contributed by atoms with Crippen LogP contribution in [-0.2, 0) is 0 Å². The molecule has 2 fully saturated rings. The van der Waals surface area contributed by atoms with Gasteiger partial charge in [-0.2, -0.15) is 0 Å². The van der Waals surface area contributed by atoms with Gasteiger partial charge in [-0.25, -0.2) is 13.2 Å². The molecule has 0 unspecified atom stereocenters. The van der Waals surface area contributed by atoms with Gasteiger partial charge < -0.3 is 4.74 Å². The molecule has 0 N–H and O–H groups in total. The van der Waals surface area contributed by atoms with Crippen LogP contribution in [0.3, 0.4) is 0 Å². The smallest absolute Gasteiger partial charge is 0.162 e. The molecule has 2 aromatic rings. The van der Waals surface area contributed by atoms with Gasteiger partial charge in [0, 0.05) is 6.07 Å². The van der Waals surface area contributed by atoms with Crippen molar-refractivity contribution in [2.75, 3.05) is 6.61 Å². The Hall–Kier alpha value is -1.97. The molecule has 0 aromatic heterocycles. The van der Waals surface area contributed by atoms with Crippen molar-refractivity contribution in [3.63, 3.8) is 0 Å². The van der Waals surface area contributed by atoms with E-state index in [1.54, 1.807) is 19.1 Å². The van der Waals surface area contributed by atoms with Crippen LogP contribution in [0.1, 0.15) is 86.3 Å².